The number of aliphatic hydroxyl groups is 1. The van der Waals surface area contributed by atoms with Gasteiger partial charge in [-0.25, -0.2) is 0 Å². The first-order valence-electron chi connectivity index (χ1n) is 4.79. The topological polar surface area (TPSA) is 29.5 Å². The van der Waals surface area contributed by atoms with Gasteiger partial charge in [-0.05, 0) is 6.07 Å². The van der Waals surface area contributed by atoms with E-state index < -0.39 is 6.10 Å². The van der Waals surface area contributed by atoms with Crippen LogP contribution >= 0.6 is 11.6 Å². The molecule has 0 bridgehead atoms. The highest BCUT2D eigenvalue weighted by molar-refractivity contribution is 6.36. The van der Waals surface area contributed by atoms with Gasteiger partial charge in [-0.2, -0.15) is 0 Å². The lowest BCUT2D eigenvalue weighted by molar-refractivity contribution is 0.141. The second-order valence-electron chi connectivity index (χ2n) is 3.65. The highest BCUT2D eigenvalue weighted by Crippen LogP contribution is 2.41. The monoisotopic (exact) mass is 220 g/mol. The average Bonchev–Trinajstić information content (AvgIpc) is 2.62. The highest BCUT2D eigenvalue weighted by atomic mass is 35.5. The van der Waals surface area contributed by atoms with Crippen molar-refractivity contribution in [2.45, 2.75) is 6.10 Å². The molecule has 1 heterocycles. The molecule has 15 heavy (non-hydrogen) atoms. The minimum Gasteiger partial charge on any atom is -0.489 e. The first-order valence-corrected chi connectivity index (χ1v) is 5.17. The molecule has 3 rings (SSSR count). The quantitative estimate of drug-likeness (QED) is 0.740. The van der Waals surface area contributed by atoms with Crippen LogP contribution in [0.25, 0.3) is 10.8 Å². The lowest BCUT2D eigenvalue weighted by atomic mass is 10.0. The number of benzene rings is 2. The van der Waals surface area contributed by atoms with Crippen LogP contribution in [0.3, 0.4) is 0 Å². The largest absolute Gasteiger partial charge is 0.489 e. The van der Waals surface area contributed by atoms with E-state index in [1.807, 2.05) is 24.3 Å². The highest BCUT2D eigenvalue weighted by Gasteiger charge is 2.24. The average molecular weight is 221 g/mol. The van der Waals surface area contributed by atoms with Crippen LogP contribution in [0.5, 0.6) is 5.75 Å². The number of hydrogen-bond donors (Lipinski definition) is 1. The Morgan fingerprint density at radius 2 is 2.00 bits per heavy atom. The first-order chi connectivity index (χ1) is 7.27. The molecule has 0 spiro atoms. The Labute approximate surface area is 92.0 Å². The zero-order valence-electron chi connectivity index (χ0n) is 7.90. The Balaban J connectivity index is 2.43. The minimum absolute atomic E-state index is 0.319. The summed E-state index contributed by atoms with van der Waals surface area (Å²) in [6, 6.07) is 9.57. The van der Waals surface area contributed by atoms with Gasteiger partial charge in [0.15, 0.2) is 0 Å². The maximum Gasteiger partial charge on any atom is 0.133 e. The molecule has 0 radical (unpaired) electrons. The molecule has 0 amide bonds. The van der Waals surface area contributed by atoms with E-state index in [1.54, 1.807) is 6.07 Å². The van der Waals surface area contributed by atoms with E-state index in [0.717, 1.165) is 22.1 Å². The Kier molecular flexibility index (Phi) is 1.87. The molecular weight excluding hydrogens is 212 g/mol. The molecule has 3 heteroatoms. The molecule has 1 N–H and O–H groups in total. The molecule has 1 aliphatic heterocycles. The molecule has 0 aromatic heterocycles. The lowest BCUT2D eigenvalue weighted by Gasteiger charge is -2.06. The lowest BCUT2D eigenvalue weighted by Crippen LogP contribution is -1.97. The number of rotatable bonds is 0. The molecule has 0 saturated heterocycles. The van der Waals surface area contributed by atoms with Crippen molar-refractivity contribution in [3.8, 4) is 5.75 Å². The van der Waals surface area contributed by atoms with Gasteiger partial charge in [0.05, 0.1) is 0 Å². The molecule has 2 nitrogen and oxygen atoms in total. The van der Waals surface area contributed by atoms with Gasteiger partial charge in [0, 0.05) is 21.4 Å². The van der Waals surface area contributed by atoms with Crippen molar-refractivity contribution in [3.05, 3.63) is 40.9 Å². The molecule has 0 saturated carbocycles. The standard InChI is InChI=1S/C12H9ClO2/c13-10-5-9-11(14)6-15-12(9)8-4-2-1-3-7(8)10/h1-5,11,14H,6H2. The second-order valence-corrected chi connectivity index (χ2v) is 4.06. The first kappa shape index (κ1) is 9.01. The van der Waals surface area contributed by atoms with Crippen LogP contribution in [0.15, 0.2) is 30.3 Å². The van der Waals surface area contributed by atoms with E-state index >= 15 is 0 Å². The number of halogens is 1. The van der Waals surface area contributed by atoms with Gasteiger partial charge in [-0.1, -0.05) is 35.9 Å². The zero-order valence-corrected chi connectivity index (χ0v) is 8.66. The van der Waals surface area contributed by atoms with Crippen molar-refractivity contribution in [2.75, 3.05) is 6.61 Å². The minimum atomic E-state index is -0.554. The summed E-state index contributed by atoms with van der Waals surface area (Å²) < 4.78 is 5.47. The third-order valence-corrected chi connectivity index (χ3v) is 3.03. The van der Waals surface area contributed by atoms with Crippen molar-refractivity contribution < 1.29 is 9.84 Å². The van der Waals surface area contributed by atoms with Crippen LogP contribution in [0.4, 0.5) is 0 Å². The molecule has 2 aromatic carbocycles. The SMILES string of the molecule is OC1COc2c1cc(Cl)c1ccccc21. The number of ether oxygens (including phenoxy) is 1. The van der Waals surface area contributed by atoms with Crippen molar-refractivity contribution in [1.82, 2.24) is 0 Å². The van der Waals surface area contributed by atoms with Crippen LogP contribution in [0.1, 0.15) is 11.7 Å². The van der Waals surface area contributed by atoms with Gasteiger partial charge in [0.2, 0.25) is 0 Å². The molecule has 1 unspecified atom stereocenters. The van der Waals surface area contributed by atoms with E-state index in [4.69, 9.17) is 16.3 Å². The zero-order chi connectivity index (χ0) is 10.4. The number of fused-ring (bicyclic) bond motifs is 3. The van der Waals surface area contributed by atoms with E-state index in [0.29, 0.717) is 11.6 Å². The fraction of sp³-hybridized carbons (Fsp3) is 0.167. The van der Waals surface area contributed by atoms with Crippen LogP contribution in [-0.4, -0.2) is 11.7 Å². The maximum atomic E-state index is 9.68. The van der Waals surface area contributed by atoms with E-state index in [-0.39, 0.29) is 0 Å². The summed E-state index contributed by atoms with van der Waals surface area (Å²) in [6.07, 6.45) is -0.554. The van der Waals surface area contributed by atoms with Gasteiger partial charge in [0.1, 0.15) is 18.5 Å². The van der Waals surface area contributed by atoms with Crippen LogP contribution in [0.2, 0.25) is 5.02 Å². The number of hydrogen-bond acceptors (Lipinski definition) is 2. The molecular formula is C12H9ClO2. The van der Waals surface area contributed by atoms with Crippen LogP contribution < -0.4 is 4.74 Å². The Morgan fingerprint density at radius 3 is 2.80 bits per heavy atom. The smallest absolute Gasteiger partial charge is 0.133 e. The Hall–Kier alpha value is -1.25. The Morgan fingerprint density at radius 1 is 1.27 bits per heavy atom. The van der Waals surface area contributed by atoms with Gasteiger partial charge in [-0.3, -0.25) is 0 Å². The van der Waals surface area contributed by atoms with E-state index in [2.05, 4.69) is 0 Å². The maximum absolute atomic E-state index is 9.68. The van der Waals surface area contributed by atoms with Gasteiger partial charge < -0.3 is 9.84 Å². The van der Waals surface area contributed by atoms with E-state index in [1.165, 1.54) is 0 Å². The Bertz CT molecular complexity index is 536. The van der Waals surface area contributed by atoms with Crippen molar-refractivity contribution in [2.24, 2.45) is 0 Å². The predicted molar refractivity (Wildman–Crippen MR) is 59.4 cm³/mol. The van der Waals surface area contributed by atoms with Crippen molar-refractivity contribution in [1.29, 1.82) is 0 Å². The third kappa shape index (κ3) is 1.22. The molecule has 1 aliphatic rings. The summed E-state index contributed by atoms with van der Waals surface area (Å²) in [7, 11) is 0. The predicted octanol–water partition coefficient (Wildman–Crippen LogP) is 2.92. The van der Waals surface area contributed by atoms with Crippen LogP contribution in [-0.2, 0) is 0 Å². The van der Waals surface area contributed by atoms with Crippen molar-refractivity contribution in [3.63, 3.8) is 0 Å². The van der Waals surface area contributed by atoms with Gasteiger partial charge >= 0.3 is 0 Å². The molecule has 76 valence electrons. The van der Waals surface area contributed by atoms with Gasteiger partial charge in [-0.15, -0.1) is 0 Å². The summed E-state index contributed by atoms with van der Waals surface area (Å²) >= 11 is 6.14. The molecule has 2 aromatic rings. The molecule has 0 fully saturated rings. The fourth-order valence-corrected chi connectivity index (χ4v) is 2.27. The normalized spacial score (nSPS) is 18.9. The third-order valence-electron chi connectivity index (χ3n) is 2.72. The summed E-state index contributed by atoms with van der Waals surface area (Å²) in [5.41, 5.74) is 0.790. The molecule has 1 atom stereocenters. The fourth-order valence-electron chi connectivity index (χ4n) is 1.99. The second kappa shape index (κ2) is 3.12. The van der Waals surface area contributed by atoms with Crippen molar-refractivity contribution >= 4 is 22.4 Å². The summed E-state index contributed by atoms with van der Waals surface area (Å²) in [5, 5.41) is 12.3. The number of aliphatic hydroxyl groups excluding tert-OH is 1. The summed E-state index contributed by atoms with van der Waals surface area (Å²) in [4.78, 5) is 0. The summed E-state index contributed by atoms with van der Waals surface area (Å²) in [5.74, 6) is 0.766. The van der Waals surface area contributed by atoms with Gasteiger partial charge in [0.25, 0.3) is 0 Å². The van der Waals surface area contributed by atoms with E-state index in [9.17, 15) is 5.11 Å². The summed E-state index contributed by atoms with van der Waals surface area (Å²) in [6.45, 7) is 0.319. The van der Waals surface area contributed by atoms with Crippen LogP contribution in [0, 0.1) is 0 Å². The molecule has 0 aliphatic carbocycles.